The zero-order valence-electron chi connectivity index (χ0n) is 12.3. The van der Waals surface area contributed by atoms with Crippen molar-refractivity contribution in [3.8, 4) is 0 Å². The topological polar surface area (TPSA) is 21.3 Å². The summed E-state index contributed by atoms with van der Waals surface area (Å²) in [5.74, 6) is 0.353. The number of nitrogens with one attached hydrogen (secondary N) is 1. The molecule has 0 fully saturated rings. The quantitative estimate of drug-likeness (QED) is 0.740. The van der Waals surface area contributed by atoms with Crippen LogP contribution in [0.5, 0.6) is 0 Å². The van der Waals surface area contributed by atoms with Crippen LogP contribution in [0, 0.1) is 11.7 Å². The average molecular weight is 267 g/mol. The number of hydrogen-bond donors (Lipinski definition) is 1. The fraction of sp³-hybridized carbons (Fsp3) is 0.625. The van der Waals surface area contributed by atoms with Gasteiger partial charge >= 0.3 is 0 Å². The second-order valence-electron chi connectivity index (χ2n) is 5.15. The van der Waals surface area contributed by atoms with Crippen molar-refractivity contribution >= 4 is 0 Å². The van der Waals surface area contributed by atoms with Crippen LogP contribution in [0.25, 0.3) is 0 Å². The summed E-state index contributed by atoms with van der Waals surface area (Å²) >= 11 is 0. The van der Waals surface area contributed by atoms with E-state index in [1.165, 1.54) is 6.07 Å². The molecule has 0 aliphatic rings. The van der Waals surface area contributed by atoms with Crippen molar-refractivity contribution in [3.63, 3.8) is 0 Å². The average Bonchev–Trinajstić information content (AvgIpc) is 2.40. The third-order valence-corrected chi connectivity index (χ3v) is 3.47. The Balaban J connectivity index is 2.62. The van der Waals surface area contributed by atoms with Crippen LogP contribution in [0.1, 0.15) is 32.3 Å². The molecule has 0 spiro atoms. The Hall–Kier alpha value is -0.930. The van der Waals surface area contributed by atoms with E-state index in [2.05, 4.69) is 19.2 Å². The monoisotopic (exact) mass is 267 g/mol. The largest absolute Gasteiger partial charge is 0.385 e. The fourth-order valence-corrected chi connectivity index (χ4v) is 2.23. The molecule has 1 aromatic rings. The molecule has 0 aliphatic heterocycles. The highest BCUT2D eigenvalue weighted by Gasteiger charge is 2.17. The Morgan fingerprint density at radius 3 is 2.79 bits per heavy atom. The summed E-state index contributed by atoms with van der Waals surface area (Å²) in [6, 6.07) is 7.27. The number of methoxy groups -OCH3 is 1. The second-order valence-corrected chi connectivity index (χ2v) is 5.15. The van der Waals surface area contributed by atoms with Gasteiger partial charge in [-0.3, -0.25) is 0 Å². The lowest BCUT2D eigenvalue weighted by atomic mass is 9.92. The minimum Gasteiger partial charge on any atom is -0.385 e. The van der Waals surface area contributed by atoms with E-state index in [1.807, 2.05) is 6.07 Å². The Kier molecular flexibility index (Phi) is 7.68. The Morgan fingerprint density at radius 1 is 1.37 bits per heavy atom. The molecule has 19 heavy (non-hydrogen) atoms. The first-order valence-corrected chi connectivity index (χ1v) is 7.14. The molecule has 2 atom stereocenters. The zero-order valence-corrected chi connectivity index (χ0v) is 12.3. The lowest BCUT2D eigenvalue weighted by Crippen LogP contribution is -2.37. The minimum absolute atomic E-state index is 0.156. The third-order valence-electron chi connectivity index (χ3n) is 3.47. The van der Waals surface area contributed by atoms with Crippen molar-refractivity contribution in [2.45, 2.75) is 39.2 Å². The van der Waals surface area contributed by atoms with Crippen molar-refractivity contribution < 1.29 is 9.13 Å². The molecule has 0 radical (unpaired) electrons. The van der Waals surface area contributed by atoms with Crippen LogP contribution in [0.15, 0.2) is 24.3 Å². The summed E-state index contributed by atoms with van der Waals surface area (Å²) in [5.41, 5.74) is 1.05. The van der Waals surface area contributed by atoms with Gasteiger partial charge in [-0.25, -0.2) is 4.39 Å². The van der Waals surface area contributed by atoms with E-state index < -0.39 is 0 Å². The Morgan fingerprint density at radius 2 is 2.16 bits per heavy atom. The SMILES string of the molecule is CCCNC(Cc1cccc(F)c1)C(C)CCOC. The van der Waals surface area contributed by atoms with Crippen molar-refractivity contribution in [1.29, 1.82) is 0 Å². The molecule has 0 saturated heterocycles. The van der Waals surface area contributed by atoms with Gasteiger partial charge in [0, 0.05) is 19.8 Å². The van der Waals surface area contributed by atoms with Crippen LogP contribution in [0.4, 0.5) is 4.39 Å². The highest BCUT2D eigenvalue weighted by atomic mass is 19.1. The number of halogens is 1. The van der Waals surface area contributed by atoms with Gasteiger partial charge in [0.15, 0.2) is 0 Å². The summed E-state index contributed by atoms with van der Waals surface area (Å²) in [4.78, 5) is 0. The molecule has 1 rings (SSSR count). The number of benzene rings is 1. The Bertz CT molecular complexity index is 356. The summed E-state index contributed by atoms with van der Waals surface area (Å²) < 4.78 is 18.4. The van der Waals surface area contributed by atoms with E-state index in [9.17, 15) is 4.39 Å². The first kappa shape index (κ1) is 16.1. The van der Waals surface area contributed by atoms with Gasteiger partial charge in [0.05, 0.1) is 0 Å². The van der Waals surface area contributed by atoms with Gasteiger partial charge in [0.25, 0.3) is 0 Å². The van der Waals surface area contributed by atoms with Gasteiger partial charge < -0.3 is 10.1 Å². The normalized spacial score (nSPS) is 14.3. The van der Waals surface area contributed by atoms with Gasteiger partial charge in [0.1, 0.15) is 5.82 Å². The van der Waals surface area contributed by atoms with Crippen molar-refractivity contribution in [2.24, 2.45) is 5.92 Å². The third kappa shape index (κ3) is 6.17. The van der Waals surface area contributed by atoms with E-state index >= 15 is 0 Å². The lowest BCUT2D eigenvalue weighted by molar-refractivity contribution is 0.170. The standard InChI is InChI=1S/C16H26FNO/c1-4-9-18-16(13(2)8-10-19-3)12-14-6-5-7-15(17)11-14/h5-7,11,13,16,18H,4,8-10,12H2,1-3H3. The van der Waals surface area contributed by atoms with Gasteiger partial charge in [-0.05, 0) is 49.4 Å². The lowest BCUT2D eigenvalue weighted by Gasteiger charge is -2.25. The first-order valence-electron chi connectivity index (χ1n) is 7.14. The van der Waals surface area contributed by atoms with Crippen LogP contribution < -0.4 is 5.32 Å². The molecular formula is C16H26FNO. The highest BCUT2D eigenvalue weighted by Crippen LogP contribution is 2.15. The molecule has 1 N–H and O–H groups in total. The van der Waals surface area contributed by atoms with Gasteiger partial charge in [-0.15, -0.1) is 0 Å². The highest BCUT2D eigenvalue weighted by molar-refractivity contribution is 5.17. The van der Waals surface area contributed by atoms with Crippen LogP contribution in [-0.2, 0) is 11.2 Å². The minimum atomic E-state index is -0.156. The van der Waals surface area contributed by atoms with E-state index in [-0.39, 0.29) is 5.82 Å². The van der Waals surface area contributed by atoms with E-state index in [0.717, 1.165) is 38.0 Å². The molecule has 0 aromatic heterocycles. The van der Waals surface area contributed by atoms with Crippen molar-refractivity contribution in [3.05, 3.63) is 35.6 Å². The smallest absolute Gasteiger partial charge is 0.123 e. The summed E-state index contributed by atoms with van der Waals surface area (Å²) in [6.45, 7) is 6.16. The molecule has 0 heterocycles. The summed E-state index contributed by atoms with van der Waals surface area (Å²) in [7, 11) is 1.73. The predicted octanol–water partition coefficient (Wildman–Crippen LogP) is 3.41. The maximum atomic E-state index is 13.2. The summed E-state index contributed by atoms with van der Waals surface area (Å²) in [5, 5.41) is 3.57. The van der Waals surface area contributed by atoms with E-state index in [1.54, 1.807) is 19.2 Å². The summed E-state index contributed by atoms with van der Waals surface area (Å²) in [6.07, 6.45) is 2.99. The zero-order chi connectivity index (χ0) is 14.1. The molecule has 0 saturated carbocycles. The molecule has 3 heteroatoms. The molecule has 108 valence electrons. The van der Waals surface area contributed by atoms with Crippen LogP contribution in [0.2, 0.25) is 0 Å². The molecule has 2 unspecified atom stereocenters. The fourth-order valence-electron chi connectivity index (χ4n) is 2.23. The first-order chi connectivity index (χ1) is 9.17. The van der Waals surface area contributed by atoms with Gasteiger partial charge in [-0.1, -0.05) is 26.0 Å². The van der Waals surface area contributed by atoms with Crippen molar-refractivity contribution in [1.82, 2.24) is 5.32 Å². The maximum Gasteiger partial charge on any atom is 0.123 e. The molecule has 0 bridgehead atoms. The number of hydrogen-bond acceptors (Lipinski definition) is 2. The van der Waals surface area contributed by atoms with E-state index in [0.29, 0.717) is 12.0 Å². The Labute approximate surface area is 116 Å². The van der Waals surface area contributed by atoms with Crippen molar-refractivity contribution in [2.75, 3.05) is 20.3 Å². The molecule has 0 amide bonds. The van der Waals surface area contributed by atoms with Gasteiger partial charge in [0.2, 0.25) is 0 Å². The molecule has 1 aromatic carbocycles. The van der Waals surface area contributed by atoms with Crippen LogP contribution in [0.3, 0.4) is 0 Å². The number of ether oxygens (including phenoxy) is 1. The molecule has 2 nitrogen and oxygen atoms in total. The van der Waals surface area contributed by atoms with Gasteiger partial charge in [-0.2, -0.15) is 0 Å². The van der Waals surface area contributed by atoms with Crippen LogP contribution >= 0.6 is 0 Å². The molecule has 0 aliphatic carbocycles. The number of rotatable bonds is 9. The predicted molar refractivity (Wildman–Crippen MR) is 77.8 cm³/mol. The van der Waals surface area contributed by atoms with Crippen LogP contribution in [-0.4, -0.2) is 26.3 Å². The second kappa shape index (κ2) is 9.05. The maximum absolute atomic E-state index is 13.2. The van der Waals surface area contributed by atoms with E-state index in [4.69, 9.17) is 4.74 Å². The molecular weight excluding hydrogens is 241 g/mol.